The molecule has 1 aliphatic heterocycles. The molecular weight excluding hydrogens is 358 g/mol. The molecule has 3 aromatic rings. The first kappa shape index (κ1) is 17.7. The second-order valence-corrected chi connectivity index (χ2v) is 6.38. The number of amides is 2. The average Bonchev–Trinajstić information content (AvgIpc) is 3.39. The Morgan fingerprint density at radius 3 is 2.86 bits per heavy atom. The first-order valence-corrected chi connectivity index (χ1v) is 8.89. The van der Waals surface area contributed by atoms with Gasteiger partial charge in [-0.2, -0.15) is 5.10 Å². The van der Waals surface area contributed by atoms with Crippen LogP contribution in [-0.4, -0.2) is 38.0 Å². The van der Waals surface area contributed by atoms with Gasteiger partial charge in [0.25, 0.3) is 5.91 Å². The molecule has 8 heteroatoms. The molecule has 0 radical (unpaired) electrons. The number of carbonyl (C=O) groups is 2. The second-order valence-electron chi connectivity index (χ2n) is 6.38. The summed E-state index contributed by atoms with van der Waals surface area (Å²) in [7, 11) is 0. The van der Waals surface area contributed by atoms with E-state index in [2.05, 4.69) is 22.0 Å². The highest BCUT2D eigenvalue weighted by atomic mass is 16.3. The number of fused-ring (bicyclic) bond motifs is 1. The molecule has 0 saturated heterocycles. The number of nitrogens with zero attached hydrogens (tertiary/aromatic N) is 4. The van der Waals surface area contributed by atoms with Crippen molar-refractivity contribution in [3.05, 3.63) is 72.6 Å². The van der Waals surface area contributed by atoms with Crippen molar-refractivity contribution >= 4 is 11.8 Å². The van der Waals surface area contributed by atoms with Crippen LogP contribution >= 0.6 is 0 Å². The summed E-state index contributed by atoms with van der Waals surface area (Å²) in [4.78, 5) is 30.4. The molecule has 1 aromatic carbocycles. The van der Waals surface area contributed by atoms with Crippen LogP contribution < -0.4 is 5.32 Å². The lowest BCUT2D eigenvalue weighted by molar-refractivity contribution is -0.127. The Morgan fingerprint density at radius 2 is 2.07 bits per heavy atom. The molecular formula is C20H19N5O3. The highest BCUT2D eigenvalue weighted by molar-refractivity contribution is 5.97. The number of nitrogens with one attached hydrogen (secondary N) is 1. The summed E-state index contributed by atoms with van der Waals surface area (Å²) in [6.45, 7) is 5.45. The van der Waals surface area contributed by atoms with Crippen molar-refractivity contribution in [1.82, 2.24) is 25.0 Å². The predicted octanol–water partition coefficient (Wildman–Crippen LogP) is 2.00. The summed E-state index contributed by atoms with van der Waals surface area (Å²) in [5.74, 6) is -0.307. The van der Waals surface area contributed by atoms with Gasteiger partial charge in [-0.25, -0.2) is 4.98 Å². The SMILES string of the molecule is C=CC(=O)N1CCn2ncc(CNC(=O)c3ocnc3-c3ccccc3)c2C1. The topological polar surface area (TPSA) is 93.3 Å². The average molecular weight is 377 g/mol. The molecule has 0 spiro atoms. The van der Waals surface area contributed by atoms with E-state index in [9.17, 15) is 9.59 Å². The normalized spacial score (nSPS) is 13.1. The summed E-state index contributed by atoms with van der Waals surface area (Å²) in [6, 6.07) is 9.39. The third-order valence-corrected chi connectivity index (χ3v) is 4.70. The van der Waals surface area contributed by atoms with Crippen LogP contribution in [0.15, 0.2) is 60.0 Å². The number of hydrogen-bond acceptors (Lipinski definition) is 5. The lowest BCUT2D eigenvalue weighted by atomic mass is 10.1. The van der Waals surface area contributed by atoms with Crippen LogP contribution in [0.5, 0.6) is 0 Å². The lowest BCUT2D eigenvalue weighted by Crippen LogP contribution is -2.38. The molecule has 8 nitrogen and oxygen atoms in total. The number of hydrogen-bond donors (Lipinski definition) is 1. The Bertz CT molecular complexity index is 1020. The first-order chi connectivity index (χ1) is 13.7. The van der Waals surface area contributed by atoms with E-state index >= 15 is 0 Å². The van der Waals surface area contributed by atoms with E-state index in [1.807, 2.05) is 35.0 Å². The van der Waals surface area contributed by atoms with Crippen molar-refractivity contribution in [3.8, 4) is 11.3 Å². The zero-order valence-corrected chi connectivity index (χ0v) is 15.2. The standard InChI is InChI=1S/C20H19N5O3/c1-2-17(26)24-8-9-25-16(12-24)15(11-23-25)10-21-20(27)19-18(22-13-28-19)14-6-4-3-5-7-14/h2-7,11,13H,1,8-10,12H2,(H,21,27). The molecule has 3 heterocycles. The van der Waals surface area contributed by atoms with Crippen LogP contribution in [-0.2, 0) is 24.4 Å². The van der Waals surface area contributed by atoms with Gasteiger partial charge in [0.2, 0.25) is 11.7 Å². The van der Waals surface area contributed by atoms with E-state index in [1.54, 1.807) is 11.1 Å². The van der Waals surface area contributed by atoms with Gasteiger partial charge in [0.1, 0.15) is 5.69 Å². The Hall–Kier alpha value is -3.68. The number of aromatic nitrogens is 3. The number of benzene rings is 1. The van der Waals surface area contributed by atoms with Crippen LogP contribution in [0.3, 0.4) is 0 Å². The number of rotatable bonds is 5. The van der Waals surface area contributed by atoms with Crippen LogP contribution in [0.1, 0.15) is 21.8 Å². The van der Waals surface area contributed by atoms with Crippen molar-refractivity contribution in [2.24, 2.45) is 0 Å². The molecule has 1 aliphatic rings. The molecule has 0 atom stereocenters. The quantitative estimate of drug-likeness (QED) is 0.687. The zero-order valence-electron chi connectivity index (χ0n) is 15.2. The maximum atomic E-state index is 12.6. The van der Waals surface area contributed by atoms with Gasteiger partial charge in [0.15, 0.2) is 6.39 Å². The van der Waals surface area contributed by atoms with Crippen molar-refractivity contribution in [1.29, 1.82) is 0 Å². The first-order valence-electron chi connectivity index (χ1n) is 8.89. The summed E-state index contributed by atoms with van der Waals surface area (Å²) in [5, 5.41) is 7.20. The highest BCUT2D eigenvalue weighted by Gasteiger charge is 2.23. The van der Waals surface area contributed by atoms with E-state index in [4.69, 9.17) is 4.42 Å². The van der Waals surface area contributed by atoms with E-state index in [1.165, 1.54) is 12.5 Å². The lowest BCUT2D eigenvalue weighted by Gasteiger charge is -2.27. The molecule has 0 aliphatic carbocycles. The van der Waals surface area contributed by atoms with Crippen LogP contribution in [0.2, 0.25) is 0 Å². The van der Waals surface area contributed by atoms with Crippen LogP contribution in [0, 0.1) is 0 Å². The van der Waals surface area contributed by atoms with Gasteiger partial charge in [-0.1, -0.05) is 36.9 Å². The predicted molar refractivity (Wildman–Crippen MR) is 101 cm³/mol. The molecule has 0 unspecified atom stereocenters. The Kier molecular flexibility index (Phi) is 4.76. The van der Waals surface area contributed by atoms with Crippen LogP contribution in [0.25, 0.3) is 11.3 Å². The van der Waals surface area contributed by atoms with Crippen molar-refractivity contribution in [3.63, 3.8) is 0 Å². The van der Waals surface area contributed by atoms with Crippen LogP contribution in [0.4, 0.5) is 0 Å². The minimum atomic E-state index is -0.355. The van der Waals surface area contributed by atoms with Gasteiger partial charge in [-0.3, -0.25) is 14.3 Å². The smallest absolute Gasteiger partial charge is 0.289 e. The van der Waals surface area contributed by atoms with E-state index in [0.29, 0.717) is 25.3 Å². The van der Waals surface area contributed by atoms with Crippen molar-refractivity contribution < 1.29 is 14.0 Å². The molecule has 2 aromatic heterocycles. The Balaban J connectivity index is 1.48. The number of oxazole rings is 1. The fourth-order valence-corrected chi connectivity index (χ4v) is 3.23. The molecule has 4 rings (SSSR count). The molecule has 0 fully saturated rings. The summed E-state index contributed by atoms with van der Waals surface area (Å²) in [6.07, 6.45) is 4.29. The van der Waals surface area contributed by atoms with E-state index in [0.717, 1.165) is 16.8 Å². The van der Waals surface area contributed by atoms with E-state index < -0.39 is 0 Å². The van der Waals surface area contributed by atoms with Gasteiger partial charge in [0.05, 0.1) is 25.0 Å². The minimum Gasteiger partial charge on any atom is -0.438 e. The molecule has 28 heavy (non-hydrogen) atoms. The zero-order chi connectivity index (χ0) is 19.5. The Labute approximate surface area is 161 Å². The molecule has 1 N–H and O–H groups in total. The molecule has 142 valence electrons. The molecule has 0 bridgehead atoms. The summed E-state index contributed by atoms with van der Waals surface area (Å²) in [5.41, 5.74) is 3.07. The van der Waals surface area contributed by atoms with Gasteiger partial charge in [-0.05, 0) is 6.08 Å². The maximum absolute atomic E-state index is 12.6. The van der Waals surface area contributed by atoms with Crippen molar-refractivity contribution in [2.75, 3.05) is 6.54 Å². The van der Waals surface area contributed by atoms with Crippen molar-refractivity contribution in [2.45, 2.75) is 19.6 Å². The maximum Gasteiger partial charge on any atom is 0.289 e. The summed E-state index contributed by atoms with van der Waals surface area (Å²) < 4.78 is 7.18. The third-order valence-electron chi connectivity index (χ3n) is 4.70. The van der Waals surface area contributed by atoms with E-state index in [-0.39, 0.29) is 24.1 Å². The fourth-order valence-electron chi connectivity index (χ4n) is 3.23. The molecule has 0 saturated carbocycles. The minimum absolute atomic E-state index is 0.114. The highest BCUT2D eigenvalue weighted by Crippen LogP contribution is 2.22. The number of carbonyl (C=O) groups excluding carboxylic acids is 2. The van der Waals surface area contributed by atoms with Gasteiger partial charge in [0, 0.05) is 24.2 Å². The Morgan fingerprint density at radius 1 is 1.25 bits per heavy atom. The fraction of sp³-hybridized carbons (Fsp3) is 0.200. The van der Waals surface area contributed by atoms with Gasteiger partial charge >= 0.3 is 0 Å². The summed E-state index contributed by atoms with van der Waals surface area (Å²) >= 11 is 0. The van der Waals surface area contributed by atoms with Gasteiger partial charge in [-0.15, -0.1) is 0 Å². The largest absolute Gasteiger partial charge is 0.438 e. The monoisotopic (exact) mass is 377 g/mol. The second kappa shape index (κ2) is 7.51. The third kappa shape index (κ3) is 3.32. The molecule has 2 amide bonds. The van der Waals surface area contributed by atoms with Gasteiger partial charge < -0.3 is 14.6 Å².